The van der Waals surface area contributed by atoms with E-state index in [1.54, 1.807) is 0 Å². The van der Waals surface area contributed by atoms with Gasteiger partial charge in [0.2, 0.25) is 0 Å². The van der Waals surface area contributed by atoms with Crippen LogP contribution in [0.1, 0.15) is 5.56 Å². The molecule has 2 rings (SSSR count). The normalized spacial score (nSPS) is 10.4. The number of aryl methyl sites for hydroxylation is 1. The summed E-state index contributed by atoms with van der Waals surface area (Å²) in [6.07, 6.45) is 0. The highest BCUT2D eigenvalue weighted by Crippen LogP contribution is 2.30. The number of aromatic nitrogens is 2. The minimum atomic E-state index is 0.469. The number of nitrogen functional groups attached to an aromatic ring is 1. The monoisotopic (exact) mass is 225 g/mol. The van der Waals surface area contributed by atoms with Gasteiger partial charge in [0.15, 0.2) is 0 Å². The van der Waals surface area contributed by atoms with Gasteiger partial charge in [-0.3, -0.25) is 0 Å². The number of thiophene rings is 1. The number of nitrogens with zero attached hydrogens (tertiary/aromatic N) is 2. The first kappa shape index (κ1) is 9.43. The standard InChI is InChI=1S/C9H8ClN3S/c1-5-4-6(12-13-9(5)11)7-2-3-8(10)14-7/h2-4H,1H3,(H2,11,13). The van der Waals surface area contributed by atoms with Crippen molar-refractivity contribution in [2.75, 3.05) is 5.73 Å². The first-order valence-electron chi connectivity index (χ1n) is 4.02. The highest BCUT2D eigenvalue weighted by Gasteiger charge is 2.05. The van der Waals surface area contributed by atoms with Gasteiger partial charge in [-0.05, 0) is 30.7 Å². The summed E-state index contributed by atoms with van der Waals surface area (Å²) in [6, 6.07) is 5.67. The summed E-state index contributed by atoms with van der Waals surface area (Å²) >= 11 is 7.30. The molecule has 0 saturated heterocycles. The maximum atomic E-state index is 5.83. The Labute approximate surface area is 90.5 Å². The number of hydrogen-bond donors (Lipinski definition) is 1. The van der Waals surface area contributed by atoms with E-state index in [0.717, 1.165) is 20.5 Å². The zero-order valence-electron chi connectivity index (χ0n) is 7.49. The lowest BCUT2D eigenvalue weighted by Crippen LogP contribution is -1.97. The molecular weight excluding hydrogens is 218 g/mol. The zero-order valence-corrected chi connectivity index (χ0v) is 9.06. The molecule has 0 aromatic carbocycles. The molecule has 5 heteroatoms. The largest absolute Gasteiger partial charge is 0.382 e. The molecule has 0 atom stereocenters. The van der Waals surface area contributed by atoms with Crippen LogP contribution in [0.3, 0.4) is 0 Å². The summed E-state index contributed by atoms with van der Waals surface area (Å²) in [5.74, 6) is 0.469. The van der Waals surface area contributed by atoms with Crippen LogP contribution in [-0.4, -0.2) is 10.2 Å². The summed E-state index contributed by atoms with van der Waals surface area (Å²) in [7, 11) is 0. The molecule has 0 amide bonds. The van der Waals surface area contributed by atoms with Crippen molar-refractivity contribution in [3.8, 4) is 10.6 Å². The van der Waals surface area contributed by atoms with Gasteiger partial charge in [-0.15, -0.1) is 21.5 Å². The fourth-order valence-corrected chi connectivity index (χ4v) is 2.07. The molecule has 3 nitrogen and oxygen atoms in total. The van der Waals surface area contributed by atoms with Crippen molar-refractivity contribution in [3.63, 3.8) is 0 Å². The van der Waals surface area contributed by atoms with Crippen molar-refractivity contribution < 1.29 is 0 Å². The molecule has 0 saturated carbocycles. The Hall–Kier alpha value is -1.13. The third kappa shape index (κ3) is 1.71. The maximum Gasteiger partial charge on any atom is 0.149 e. The van der Waals surface area contributed by atoms with Crippen LogP contribution >= 0.6 is 22.9 Å². The van der Waals surface area contributed by atoms with Gasteiger partial charge >= 0.3 is 0 Å². The molecular formula is C9H8ClN3S. The second-order valence-corrected chi connectivity index (χ2v) is 4.62. The third-order valence-electron chi connectivity index (χ3n) is 1.85. The smallest absolute Gasteiger partial charge is 0.149 e. The lowest BCUT2D eigenvalue weighted by molar-refractivity contribution is 1.04. The minimum Gasteiger partial charge on any atom is -0.382 e. The molecule has 0 unspecified atom stereocenters. The molecule has 0 radical (unpaired) electrons. The molecule has 14 heavy (non-hydrogen) atoms. The summed E-state index contributed by atoms with van der Waals surface area (Å²) < 4.78 is 0.747. The second-order valence-electron chi connectivity index (χ2n) is 2.90. The van der Waals surface area contributed by atoms with E-state index < -0.39 is 0 Å². The topological polar surface area (TPSA) is 51.8 Å². The van der Waals surface area contributed by atoms with Crippen molar-refractivity contribution in [2.45, 2.75) is 6.92 Å². The molecule has 0 spiro atoms. The number of nitrogens with two attached hydrogens (primary N) is 1. The first-order valence-corrected chi connectivity index (χ1v) is 5.22. The molecule has 0 aliphatic carbocycles. The summed E-state index contributed by atoms with van der Waals surface area (Å²) in [6.45, 7) is 1.91. The quantitative estimate of drug-likeness (QED) is 0.812. The highest BCUT2D eigenvalue weighted by molar-refractivity contribution is 7.19. The molecule has 0 aliphatic heterocycles. The van der Waals surface area contributed by atoms with Gasteiger partial charge in [-0.2, -0.15) is 0 Å². The molecule has 0 aliphatic rings. The van der Waals surface area contributed by atoms with Crippen molar-refractivity contribution >= 4 is 28.8 Å². The Bertz CT molecular complexity index is 467. The Morgan fingerprint density at radius 1 is 1.36 bits per heavy atom. The van der Waals surface area contributed by atoms with Crippen molar-refractivity contribution in [2.24, 2.45) is 0 Å². The van der Waals surface area contributed by atoms with Crippen molar-refractivity contribution in [1.29, 1.82) is 0 Å². The summed E-state index contributed by atoms with van der Waals surface area (Å²) in [5, 5.41) is 7.86. The van der Waals surface area contributed by atoms with E-state index in [1.165, 1.54) is 11.3 Å². The van der Waals surface area contributed by atoms with Crippen LogP contribution < -0.4 is 5.73 Å². The van der Waals surface area contributed by atoms with Crippen molar-refractivity contribution in [1.82, 2.24) is 10.2 Å². The molecule has 2 aromatic heterocycles. The number of halogens is 1. The molecule has 2 aromatic rings. The predicted molar refractivity (Wildman–Crippen MR) is 59.5 cm³/mol. The minimum absolute atomic E-state index is 0.469. The fourth-order valence-electron chi connectivity index (χ4n) is 1.07. The lowest BCUT2D eigenvalue weighted by Gasteiger charge is -1.99. The van der Waals surface area contributed by atoms with Gasteiger partial charge in [-0.1, -0.05) is 11.6 Å². The number of rotatable bonds is 1. The average Bonchev–Trinajstić information content (AvgIpc) is 2.57. The van der Waals surface area contributed by atoms with Gasteiger partial charge in [0, 0.05) is 0 Å². The van der Waals surface area contributed by atoms with E-state index in [9.17, 15) is 0 Å². The highest BCUT2D eigenvalue weighted by atomic mass is 35.5. The molecule has 0 bridgehead atoms. The van der Waals surface area contributed by atoms with E-state index in [4.69, 9.17) is 17.3 Å². The molecule has 2 heterocycles. The maximum absolute atomic E-state index is 5.83. The Morgan fingerprint density at radius 2 is 2.14 bits per heavy atom. The van der Waals surface area contributed by atoms with E-state index >= 15 is 0 Å². The molecule has 0 fully saturated rings. The van der Waals surface area contributed by atoms with Gasteiger partial charge in [0.25, 0.3) is 0 Å². The number of anilines is 1. The van der Waals surface area contributed by atoms with E-state index in [2.05, 4.69) is 10.2 Å². The van der Waals surface area contributed by atoms with Crippen LogP contribution in [-0.2, 0) is 0 Å². The van der Waals surface area contributed by atoms with Crippen LogP contribution in [0.2, 0.25) is 4.34 Å². The fraction of sp³-hybridized carbons (Fsp3) is 0.111. The van der Waals surface area contributed by atoms with Crippen LogP contribution in [0.15, 0.2) is 18.2 Å². The van der Waals surface area contributed by atoms with E-state index in [1.807, 2.05) is 25.1 Å². The predicted octanol–water partition coefficient (Wildman–Crippen LogP) is 2.75. The van der Waals surface area contributed by atoms with Gasteiger partial charge < -0.3 is 5.73 Å². The van der Waals surface area contributed by atoms with Crippen LogP contribution in [0.5, 0.6) is 0 Å². The second kappa shape index (κ2) is 3.55. The van der Waals surface area contributed by atoms with Gasteiger partial charge in [0.05, 0.1) is 9.21 Å². The molecule has 72 valence electrons. The van der Waals surface area contributed by atoms with E-state index in [-0.39, 0.29) is 0 Å². The van der Waals surface area contributed by atoms with Crippen LogP contribution in [0, 0.1) is 6.92 Å². The summed E-state index contributed by atoms with van der Waals surface area (Å²) in [5.41, 5.74) is 7.32. The lowest BCUT2D eigenvalue weighted by atomic mass is 10.2. The Morgan fingerprint density at radius 3 is 2.71 bits per heavy atom. The Balaban J connectivity index is 2.47. The Kier molecular flexibility index (Phi) is 2.39. The van der Waals surface area contributed by atoms with E-state index in [0.29, 0.717) is 5.82 Å². The summed E-state index contributed by atoms with van der Waals surface area (Å²) in [4.78, 5) is 1.01. The molecule has 2 N–H and O–H groups in total. The van der Waals surface area contributed by atoms with Crippen LogP contribution in [0.25, 0.3) is 10.6 Å². The van der Waals surface area contributed by atoms with Gasteiger partial charge in [-0.25, -0.2) is 0 Å². The van der Waals surface area contributed by atoms with Crippen molar-refractivity contribution in [3.05, 3.63) is 28.1 Å². The van der Waals surface area contributed by atoms with Gasteiger partial charge in [0.1, 0.15) is 11.5 Å². The SMILES string of the molecule is Cc1cc(-c2ccc(Cl)s2)nnc1N. The van der Waals surface area contributed by atoms with Crippen LogP contribution in [0.4, 0.5) is 5.82 Å². The first-order chi connectivity index (χ1) is 6.66. The number of hydrogen-bond acceptors (Lipinski definition) is 4. The zero-order chi connectivity index (χ0) is 10.1. The average molecular weight is 226 g/mol. The third-order valence-corrected chi connectivity index (χ3v) is 3.10.